The molecule has 1 amide bonds. The fraction of sp³-hybridized carbons (Fsp3) is 0.235. The molecule has 3 N–H and O–H groups in total. The predicted molar refractivity (Wildman–Crippen MR) is 110 cm³/mol. The van der Waals surface area contributed by atoms with Gasteiger partial charge in [0, 0.05) is 12.7 Å². The number of carbonyl (C=O) groups excluding carboxylic acids is 1. The fourth-order valence-electron chi connectivity index (χ4n) is 2.66. The molecule has 0 aliphatic rings. The van der Waals surface area contributed by atoms with Crippen LogP contribution in [0.3, 0.4) is 0 Å². The van der Waals surface area contributed by atoms with Gasteiger partial charge in [-0.1, -0.05) is 23.4 Å². The highest BCUT2D eigenvalue weighted by molar-refractivity contribution is 7.99. The van der Waals surface area contributed by atoms with Gasteiger partial charge in [-0.05, 0) is 31.2 Å². The number of rotatable bonds is 6. The highest BCUT2D eigenvalue weighted by Gasteiger charge is 2.31. The van der Waals surface area contributed by atoms with Gasteiger partial charge in [-0.15, -0.1) is 0 Å². The molecule has 0 aliphatic heterocycles. The van der Waals surface area contributed by atoms with E-state index < -0.39 is 27.7 Å². The number of benzene rings is 1. The molecular weight excluding hydrogens is 479 g/mol. The number of imidazole rings is 1. The average Bonchev–Trinajstić information content (AvgIpc) is 3.03. The number of nitrogens with two attached hydrogens (primary N) is 1. The van der Waals surface area contributed by atoms with Crippen molar-refractivity contribution in [1.82, 2.24) is 14.5 Å². The van der Waals surface area contributed by atoms with Crippen LogP contribution in [0.4, 0.5) is 19.0 Å². The molecule has 0 atom stereocenters. The Kier molecular flexibility index (Phi) is 6.51. The number of anilines is 1. The minimum Gasteiger partial charge on any atom is -0.319 e. The minimum atomic E-state index is -4.60. The molecule has 0 aliphatic carbocycles. The molecule has 0 saturated carbocycles. The molecule has 0 fully saturated rings. The molecule has 31 heavy (non-hydrogen) atoms. The maximum absolute atomic E-state index is 12.7. The second-order valence-electron chi connectivity index (χ2n) is 6.22. The number of aromatic nitrogens is 3. The minimum absolute atomic E-state index is 0.0851. The Bertz CT molecular complexity index is 1260. The average molecular weight is 494 g/mol. The Morgan fingerprint density at radius 2 is 2.03 bits per heavy atom. The molecule has 0 saturated heterocycles. The van der Waals surface area contributed by atoms with Gasteiger partial charge in [0.2, 0.25) is 15.9 Å². The largest absolute Gasteiger partial charge is 0.417 e. The lowest BCUT2D eigenvalue weighted by molar-refractivity contribution is -0.137. The lowest BCUT2D eigenvalue weighted by atomic mass is 10.3. The number of alkyl halides is 3. The lowest BCUT2D eigenvalue weighted by Gasteiger charge is -2.10. The van der Waals surface area contributed by atoms with Gasteiger partial charge in [-0.3, -0.25) is 4.79 Å². The molecule has 0 unspecified atom stereocenters. The van der Waals surface area contributed by atoms with Gasteiger partial charge in [0.05, 0.1) is 32.3 Å². The summed E-state index contributed by atoms with van der Waals surface area (Å²) in [4.78, 5) is 20.1. The zero-order chi connectivity index (χ0) is 23.0. The van der Waals surface area contributed by atoms with Crippen molar-refractivity contribution in [1.29, 1.82) is 0 Å². The molecule has 1 aromatic carbocycles. The van der Waals surface area contributed by atoms with Gasteiger partial charge in [-0.2, -0.15) is 13.2 Å². The van der Waals surface area contributed by atoms with Gasteiger partial charge in [-0.25, -0.2) is 23.5 Å². The summed E-state index contributed by atoms with van der Waals surface area (Å²) < 4.78 is 62.9. The van der Waals surface area contributed by atoms with Gasteiger partial charge in [0.15, 0.2) is 11.0 Å². The van der Waals surface area contributed by atoms with Crippen LogP contribution in [0.15, 0.2) is 40.5 Å². The van der Waals surface area contributed by atoms with E-state index in [-0.39, 0.29) is 21.5 Å². The summed E-state index contributed by atoms with van der Waals surface area (Å²) in [6.45, 7) is 2.35. The third kappa shape index (κ3) is 5.29. The van der Waals surface area contributed by atoms with Crippen LogP contribution in [0.5, 0.6) is 0 Å². The monoisotopic (exact) mass is 493 g/mol. The summed E-state index contributed by atoms with van der Waals surface area (Å²) in [6.07, 6.45) is -4.02. The van der Waals surface area contributed by atoms with E-state index in [1.807, 2.05) is 6.92 Å². The highest BCUT2D eigenvalue weighted by Crippen LogP contribution is 2.32. The number of carbonyl (C=O) groups is 1. The van der Waals surface area contributed by atoms with Crippen molar-refractivity contribution in [3.63, 3.8) is 0 Å². The number of thioether (sulfide) groups is 1. The van der Waals surface area contributed by atoms with Crippen LogP contribution in [0.2, 0.25) is 5.02 Å². The molecule has 0 spiro atoms. The number of fused-ring (bicyclic) bond motifs is 1. The second-order valence-corrected chi connectivity index (χ2v) is 9.13. The van der Waals surface area contributed by atoms with E-state index in [0.29, 0.717) is 35.0 Å². The summed E-state index contributed by atoms with van der Waals surface area (Å²) in [6, 6.07) is 4.95. The molecule has 0 radical (unpaired) electrons. The Labute approximate surface area is 184 Å². The Hall–Kier alpha value is -2.35. The van der Waals surface area contributed by atoms with Crippen molar-refractivity contribution in [2.75, 3.05) is 11.1 Å². The fourth-order valence-corrected chi connectivity index (χ4v) is 4.29. The van der Waals surface area contributed by atoms with Gasteiger partial charge in [0.25, 0.3) is 0 Å². The lowest BCUT2D eigenvalue weighted by Crippen LogP contribution is -2.16. The third-order valence-corrected chi connectivity index (χ3v) is 6.26. The second kappa shape index (κ2) is 8.65. The van der Waals surface area contributed by atoms with Gasteiger partial charge < -0.3 is 9.88 Å². The summed E-state index contributed by atoms with van der Waals surface area (Å²) in [7, 11) is -3.89. The number of halogens is 4. The number of hydrogen-bond donors (Lipinski definition) is 2. The molecule has 8 nitrogen and oxygen atoms in total. The molecule has 3 aromatic rings. The zero-order valence-corrected chi connectivity index (χ0v) is 18.2. The predicted octanol–water partition coefficient (Wildman–Crippen LogP) is 3.50. The summed E-state index contributed by atoms with van der Waals surface area (Å²) >= 11 is 6.85. The maximum Gasteiger partial charge on any atom is 0.417 e. The third-order valence-electron chi connectivity index (χ3n) is 4.09. The Morgan fingerprint density at radius 1 is 1.32 bits per heavy atom. The Balaban J connectivity index is 1.75. The zero-order valence-electron chi connectivity index (χ0n) is 15.8. The van der Waals surface area contributed by atoms with Crippen LogP contribution in [-0.4, -0.2) is 34.6 Å². The first-order chi connectivity index (χ1) is 14.4. The van der Waals surface area contributed by atoms with Crippen molar-refractivity contribution in [3.8, 4) is 0 Å². The number of nitrogens with zero attached hydrogens (tertiary/aromatic N) is 3. The smallest absolute Gasteiger partial charge is 0.319 e. The molecule has 3 rings (SSSR count). The first-order valence-electron chi connectivity index (χ1n) is 8.58. The van der Waals surface area contributed by atoms with Crippen LogP contribution in [0.25, 0.3) is 11.0 Å². The van der Waals surface area contributed by atoms with Crippen LogP contribution in [0, 0.1) is 0 Å². The van der Waals surface area contributed by atoms with E-state index in [1.54, 1.807) is 10.6 Å². The van der Waals surface area contributed by atoms with Crippen LogP contribution in [0.1, 0.15) is 12.5 Å². The molecule has 14 heteroatoms. The van der Waals surface area contributed by atoms with Crippen molar-refractivity contribution in [2.45, 2.75) is 29.7 Å². The van der Waals surface area contributed by atoms with Gasteiger partial charge in [0.1, 0.15) is 0 Å². The normalized spacial score (nSPS) is 12.3. The highest BCUT2D eigenvalue weighted by atomic mass is 35.5. The van der Waals surface area contributed by atoms with E-state index in [4.69, 9.17) is 16.7 Å². The number of nitrogens with one attached hydrogen (secondary N) is 1. The summed E-state index contributed by atoms with van der Waals surface area (Å²) in [5.41, 5.74) is 0.0226. The molecular formula is C17H15ClF3N5O3S2. The molecule has 2 heterocycles. The van der Waals surface area contributed by atoms with Crippen molar-refractivity contribution in [2.24, 2.45) is 5.14 Å². The standard InChI is InChI=1S/C17H15ClF3N5O3S2/c1-2-26-13-4-3-10(31(22,28)29)6-12(13)24-16(26)30-8-14(27)25-15-11(18)5-9(7-23-15)17(19,20)21/h3-7H,2,8H2,1H3,(H2,22,28,29)(H,23,25,27). The van der Waals surface area contributed by atoms with E-state index in [2.05, 4.69) is 15.3 Å². The van der Waals surface area contributed by atoms with Crippen LogP contribution < -0.4 is 10.5 Å². The van der Waals surface area contributed by atoms with E-state index >= 15 is 0 Å². The quantitative estimate of drug-likeness (QED) is 0.507. The van der Waals surface area contributed by atoms with E-state index in [1.165, 1.54) is 12.1 Å². The number of aryl methyl sites for hydroxylation is 1. The van der Waals surface area contributed by atoms with E-state index in [9.17, 15) is 26.4 Å². The van der Waals surface area contributed by atoms with Crippen LogP contribution >= 0.6 is 23.4 Å². The number of amides is 1. The number of hydrogen-bond acceptors (Lipinski definition) is 6. The summed E-state index contributed by atoms with van der Waals surface area (Å²) in [5, 5.41) is 7.61. The number of sulfonamides is 1. The summed E-state index contributed by atoms with van der Waals surface area (Å²) in [5.74, 6) is -0.883. The first-order valence-corrected chi connectivity index (χ1v) is 11.5. The number of pyridine rings is 1. The Morgan fingerprint density at radius 3 is 2.61 bits per heavy atom. The molecule has 0 bridgehead atoms. The van der Waals surface area contributed by atoms with Crippen molar-refractivity contribution in [3.05, 3.63) is 41.0 Å². The van der Waals surface area contributed by atoms with E-state index in [0.717, 1.165) is 11.8 Å². The molecule has 2 aromatic heterocycles. The van der Waals surface area contributed by atoms with Crippen molar-refractivity contribution >= 4 is 56.1 Å². The molecule has 166 valence electrons. The van der Waals surface area contributed by atoms with Gasteiger partial charge >= 0.3 is 6.18 Å². The van der Waals surface area contributed by atoms with Crippen LogP contribution in [-0.2, 0) is 27.5 Å². The topological polar surface area (TPSA) is 120 Å². The first kappa shape index (κ1) is 23.3. The SMILES string of the molecule is CCn1c(SCC(=O)Nc2ncc(C(F)(F)F)cc2Cl)nc2cc(S(N)(=O)=O)ccc21. The maximum atomic E-state index is 12.7. The van der Waals surface area contributed by atoms with Crippen molar-refractivity contribution < 1.29 is 26.4 Å². The number of primary sulfonamides is 1.